The predicted octanol–water partition coefficient (Wildman–Crippen LogP) is 6.16. The van der Waals surface area contributed by atoms with Crippen molar-refractivity contribution in [1.29, 1.82) is 0 Å². The Hall–Kier alpha value is -2.69. The van der Waals surface area contributed by atoms with Gasteiger partial charge in [0.25, 0.3) is 0 Å². The first kappa shape index (κ1) is 20.6. The fourth-order valence-corrected chi connectivity index (χ4v) is 4.13. The van der Waals surface area contributed by atoms with Gasteiger partial charge in [-0.3, -0.25) is 4.79 Å². The summed E-state index contributed by atoms with van der Waals surface area (Å²) in [6, 6.07) is 13.0. The van der Waals surface area contributed by atoms with Crippen LogP contribution in [-0.2, 0) is 16.0 Å². The third-order valence-corrected chi connectivity index (χ3v) is 5.93. The number of esters is 1. The van der Waals surface area contributed by atoms with Crippen molar-refractivity contribution in [2.45, 2.75) is 26.2 Å². The summed E-state index contributed by atoms with van der Waals surface area (Å²) in [4.78, 5) is 29.1. The molecule has 152 valence electrons. The van der Waals surface area contributed by atoms with Crippen LogP contribution in [0.25, 0.3) is 22.6 Å². The lowest BCUT2D eigenvalue weighted by Crippen LogP contribution is -2.17. The molecule has 4 rings (SSSR count). The number of nitrogens with zero attached hydrogens (tertiary/aromatic N) is 1. The fraction of sp³-hybridized carbons (Fsp3) is 0.208. The van der Waals surface area contributed by atoms with Gasteiger partial charge in [-0.05, 0) is 61.1 Å². The minimum absolute atomic E-state index is 0.202. The third kappa shape index (κ3) is 3.98. The minimum Gasteiger partial charge on any atom is -0.454 e. The molecule has 0 radical (unpaired) electrons. The largest absolute Gasteiger partial charge is 0.454 e. The molecule has 1 aliphatic rings. The maximum absolute atomic E-state index is 12.9. The fourth-order valence-electron chi connectivity index (χ4n) is 3.77. The van der Waals surface area contributed by atoms with E-state index in [-0.39, 0.29) is 12.4 Å². The zero-order valence-electron chi connectivity index (χ0n) is 16.4. The number of para-hydroxylation sites is 1. The molecule has 1 heterocycles. The van der Waals surface area contributed by atoms with Crippen LogP contribution in [0.3, 0.4) is 0 Å². The van der Waals surface area contributed by atoms with E-state index in [1.54, 1.807) is 6.07 Å². The van der Waals surface area contributed by atoms with E-state index in [0.29, 0.717) is 27.5 Å². The lowest BCUT2D eigenvalue weighted by molar-refractivity contribution is -0.120. The molecule has 0 bridgehead atoms. The number of pyridine rings is 1. The van der Waals surface area contributed by atoms with E-state index in [2.05, 4.69) is 0 Å². The van der Waals surface area contributed by atoms with Gasteiger partial charge in [0.1, 0.15) is 6.61 Å². The molecular formula is C24H19Cl2NO3. The summed E-state index contributed by atoms with van der Waals surface area (Å²) in [5, 5.41) is 1.70. The molecule has 0 saturated heterocycles. The minimum atomic E-state index is -0.498. The quantitative estimate of drug-likeness (QED) is 0.456. The molecule has 2 aromatic carbocycles. The monoisotopic (exact) mass is 439 g/mol. The van der Waals surface area contributed by atoms with Crippen LogP contribution in [0.1, 0.15) is 46.9 Å². The molecular weight excluding hydrogens is 421 g/mol. The summed E-state index contributed by atoms with van der Waals surface area (Å²) in [6.07, 6.45) is 4.37. The van der Waals surface area contributed by atoms with Crippen molar-refractivity contribution < 1.29 is 14.3 Å². The number of fused-ring (bicyclic) bond motifs is 2. The Kier molecular flexibility index (Phi) is 5.89. The molecule has 30 heavy (non-hydrogen) atoms. The molecule has 0 N–H and O–H groups in total. The highest BCUT2D eigenvalue weighted by molar-refractivity contribution is 6.43. The van der Waals surface area contributed by atoms with Gasteiger partial charge in [-0.25, -0.2) is 9.78 Å². The summed E-state index contributed by atoms with van der Waals surface area (Å²) in [6.45, 7) is 1.15. The second-order valence-electron chi connectivity index (χ2n) is 7.28. The molecule has 0 atom stereocenters. The molecule has 0 unspecified atom stereocenters. The highest BCUT2D eigenvalue weighted by Gasteiger charge is 2.26. The molecule has 0 amide bonds. The van der Waals surface area contributed by atoms with Crippen LogP contribution in [0, 0.1) is 0 Å². The van der Waals surface area contributed by atoms with Crippen LogP contribution in [0.15, 0.2) is 42.5 Å². The predicted molar refractivity (Wildman–Crippen MR) is 120 cm³/mol. The number of carbonyl (C=O) groups is 2. The maximum atomic E-state index is 12.9. The van der Waals surface area contributed by atoms with Crippen molar-refractivity contribution in [3.63, 3.8) is 0 Å². The normalized spacial score (nSPS) is 14.6. The van der Waals surface area contributed by atoms with Crippen LogP contribution >= 0.6 is 23.2 Å². The van der Waals surface area contributed by atoms with E-state index < -0.39 is 5.97 Å². The molecule has 1 aromatic heterocycles. The van der Waals surface area contributed by atoms with Gasteiger partial charge in [-0.15, -0.1) is 0 Å². The number of hydrogen-bond donors (Lipinski definition) is 0. The lowest BCUT2D eigenvalue weighted by Gasteiger charge is -2.22. The number of rotatable bonds is 4. The first-order valence-corrected chi connectivity index (χ1v) is 10.4. The van der Waals surface area contributed by atoms with E-state index >= 15 is 0 Å². The Labute approximate surface area is 184 Å². The number of benzene rings is 2. The summed E-state index contributed by atoms with van der Waals surface area (Å²) in [5.74, 6) is -0.700. The summed E-state index contributed by atoms with van der Waals surface area (Å²) < 4.78 is 5.28. The SMILES string of the molecule is CC(=O)COC(=O)c1c2c(nc3ccccc13)C(=Cc1cccc(Cl)c1Cl)CCC2. The molecule has 0 saturated carbocycles. The maximum Gasteiger partial charge on any atom is 0.339 e. The molecule has 0 fully saturated rings. The second-order valence-corrected chi connectivity index (χ2v) is 8.06. The van der Waals surface area contributed by atoms with Crippen LogP contribution < -0.4 is 0 Å². The first-order valence-electron chi connectivity index (χ1n) is 9.69. The van der Waals surface area contributed by atoms with Gasteiger partial charge in [0.2, 0.25) is 0 Å². The van der Waals surface area contributed by atoms with E-state index in [1.165, 1.54) is 6.92 Å². The van der Waals surface area contributed by atoms with Crippen molar-refractivity contribution in [3.05, 3.63) is 74.9 Å². The van der Waals surface area contributed by atoms with E-state index in [9.17, 15) is 9.59 Å². The molecule has 0 aliphatic heterocycles. The highest BCUT2D eigenvalue weighted by Crippen LogP contribution is 2.37. The zero-order valence-corrected chi connectivity index (χ0v) is 17.9. The van der Waals surface area contributed by atoms with Gasteiger partial charge in [0.15, 0.2) is 5.78 Å². The average Bonchev–Trinajstić information content (AvgIpc) is 2.74. The highest BCUT2D eigenvalue weighted by atomic mass is 35.5. The Morgan fingerprint density at radius 2 is 1.90 bits per heavy atom. The van der Waals surface area contributed by atoms with Gasteiger partial charge in [-0.2, -0.15) is 0 Å². The molecule has 1 aliphatic carbocycles. The lowest BCUT2D eigenvalue weighted by atomic mass is 9.86. The van der Waals surface area contributed by atoms with E-state index in [0.717, 1.165) is 40.6 Å². The topological polar surface area (TPSA) is 56.3 Å². The van der Waals surface area contributed by atoms with Gasteiger partial charge >= 0.3 is 5.97 Å². The Bertz CT molecular complexity index is 1200. The Morgan fingerprint density at radius 3 is 2.70 bits per heavy atom. The van der Waals surface area contributed by atoms with Crippen LogP contribution in [0.2, 0.25) is 10.0 Å². The molecule has 6 heteroatoms. The van der Waals surface area contributed by atoms with E-state index in [4.69, 9.17) is 32.9 Å². The number of aromatic nitrogens is 1. The number of ketones is 1. The first-order chi connectivity index (χ1) is 14.5. The van der Waals surface area contributed by atoms with Crippen molar-refractivity contribution in [3.8, 4) is 0 Å². The van der Waals surface area contributed by atoms with Gasteiger partial charge in [-0.1, -0.05) is 53.5 Å². The van der Waals surface area contributed by atoms with Crippen LogP contribution in [-0.4, -0.2) is 23.3 Å². The number of ether oxygens (including phenoxy) is 1. The van der Waals surface area contributed by atoms with Gasteiger partial charge in [0.05, 0.1) is 26.8 Å². The summed E-state index contributed by atoms with van der Waals surface area (Å²) in [7, 11) is 0. The molecule has 0 spiro atoms. The Morgan fingerprint density at radius 1 is 1.10 bits per heavy atom. The van der Waals surface area contributed by atoms with Crippen molar-refractivity contribution in [2.75, 3.05) is 6.61 Å². The van der Waals surface area contributed by atoms with Crippen molar-refractivity contribution in [2.24, 2.45) is 0 Å². The van der Waals surface area contributed by atoms with Gasteiger partial charge < -0.3 is 4.74 Å². The van der Waals surface area contributed by atoms with Crippen molar-refractivity contribution in [1.82, 2.24) is 4.98 Å². The van der Waals surface area contributed by atoms with Crippen LogP contribution in [0.4, 0.5) is 0 Å². The second kappa shape index (κ2) is 8.58. The number of halogens is 2. The standard InChI is InChI=1S/C24H19Cl2NO3/c1-14(28)13-30-24(29)21-17-8-2-3-11-20(17)27-23-16(7-4-9-18(21)23)12-15-6-5-10-19(25)22(15)26/h2-3,5-6,8,10-12H,4,7,9,13H2,1H3. The zero-order chi connectivity index (χ0) is 21.3. The Balaban J connectivity index is 1.90. The number of hydrogen-bond acceptors (Lipinski definition) is 4. The number of Topliss-reactive ketones (excluding diaryl/α,β-unsaturated/α-hetero) is 1. The molecule has 4 nitrogen and oxygen atoms in total. The molecule has 3 aromatic rings. The third-order valence-electron chi connectivity index (χ3n) is 5.09. The van der Waals surface area contributed by atoms with Crippen molar-refractivity contribution >= 4 is 57.5 Å². The summed E-state index contributed by atoms with van der Waals surface area (Å²) >= 11 is 12.6. The number of allylic oxidation sites excluding steroid dienone is 1. The van der Waals surface area contributed by atoms with E-state index in [1.807, 2.05) is 42.5 Å². The number of carbonyl (C=O) groups excluding carboxylic acids is 2. The van der Waals surface area contributed by atoms with Gasteiger partial charge in [0, 0.05) is 5.39 Å². The van der Waals surface area contributed by atoms with Crippen LogP contribution in [0.5, 0.6) is 0 Å². The average molecular weight is 440 g/mol. The smallest absolute Gasteiger partial charge is 0.339 e. The summed E-state index contributed by atoms with van der Waals surface area (Å²) in [5.41, 5.74) is 4.61.